The van der Waals surface area contributed by atoms with Crippen LogP contribution in [-0.4, -0.2) is 35.6 Å². The number of hydrogen-bond acceptors (Lipinski definition) is 3. The van der Waals surface area contributed by atoms with Gasteiger partial charge in [-0.1, -0.05) is 6.08 Å². The average Bonchev–Trinajstić information content (AvgIpc) is 2.15. The molecule has 4 nitrogen and oxygen atoms in total. The fourth-order valence-electron chi connectivity index (χ4n) is 0.897. The van der Waals surface area contributed by atoms with E-state index in [2.05, 4.69) is 6.58 Å². The summed E-state index contributed by atoms with van der Waals surface area (Å²) in [6, 6.07) is 1.85. The molecule has 0 spiro atoms. The van der Waals surface area contributed by atoms with Crippen LogP contribution in [0.25, 0.3) is 0 Å². The van der Waals surface area contributed by atoms with Gasteiger partial charge in [0.1, 0.15) is 5.92 Å². The molecule has 0 heterocycles. The normalized spacial score (nSPS) is 11.5. The molecule has 0 aliphatic rings. The van der Waals surface area contributed by atoms with Crippen LogP contribution in [0, 0.1) is 17.2 Å². The van der Waals surface area contributed by atoms with Crippen molar-refractivity contribution in [3.63, 3.8) is 0 Å². The minimum Gasteiger partial charge on any atom is -0.395 e. The molecular formula is C9H14N2O2. The maximum absolute atomic E-state index is 11.4. The van der Waals surface area contributed by atoms with Crippen LogP contribution in [0.15, 0.2) is 12.7 Å². The van der Waals surface area contributed by atoms with Crippen LogP contribution in [0.5, 0.6) is 0 Å². The van der Waals surface area contributed by atoms with Gasteiger partial charge in [-0.2, -0.15) is 5.26 Å². The SMILES string of the molecule is C=CCN(CCO)C(=O)C(C)C#N. The van der Waals surface area contributed by atoms with Gasteiger partial charge in [0.05, 0.1) is 12.7 Å². The number of aliphatic hydroxyl groups is 1. The fraction of sp³-hybridized carbons (Fsp3) is 0.556. The van der Waals surface area contributed by atoms with E-state index < -0.39 is 5.92 Å². The quantitative estimate of drug-likeness (QED) is 0.616. The monoisotopic (exact) mass is 182 g/mol. The van der Waals surface area contributed by atoms with E-state index in [-0.39, 0.29) is 19.1 Å². The third-order valence-electron chi connectivity index (χ3n) is 1.60. The van der Waals surface area contributed by atoms with Crippen molar-refractivity contribution in [2.45, 2.75) is 6.92 Å². The van der Waals surface area contributed by atoms with Crippen molar-refractivity contribution in [2.24, 2.45) is 5.92 Å². The molecule has 13 heavy (non-hydrogen) atoms. The molecule has 0 aromatic rings. The Kier molecular flexibility index (Phi) is 5.57. The molecule has 0 aliphatic heterocycles. The zero-order valence-electron chi connectivity index (χ0n) is 7.73. The van der Waals surface area contributed by atoms with E-state index in [1.54, 1.807) is 6.08 Å². The lowest BCUT2D eigenvalue weighted by Gasteiger charge is -2.20. The van der Waals surface area contributed by atoms with E-state index in [0.717, 1.165) is 0 Å². The third kappa shape index (κ3) is 3.72. The van der Waals surface area contributed by atoms with Gasteiger partial charge >= 0.3 is 0 Å². The van der Waals surface area contributed by atoms with Crippen molar-refractivity contribution in [1.82, 2.24) is 4.90 Å². The van der Waals surface area contributed by atoms with Crippen molar-refractivity contribution < 1.29 is 9.90 Å². The summed E-state index contributed by atoms with van der Waals surface area (Å²) < 4.78 is 0. The van der Waals surface area contributed by atoms with E-state index in [9.17, 15) is 4.79 Å². The molecule has 1 N–H and O–H groups in total. The van der Waals surface area contributed by atoms with Crippen LogP contribution >= 0.6 is 0 Å². The second-order valence-corrected chi connectivity index (χ2v) is 2.65. The lowest BCUT2D eigenvalue weighted by molar-refractivity contribution is -0.133. The molecular weight excluding hydrogens is 168 g/mol. The molecule has 1 amide bonds. The van der Waals surface area contributed by atoms with Crippen molar-refractivity contribution in [3.05, 3.63) is 12.7 Å². The Morgan fingerprint density at radius 2 is 2.46 bits per heavy atom. The Bertz CT molecular complexity index is 220. The summed E-state index contributed by atoms with van der Waals surface area (Å²) in [6.45, 7) is 5.54. The number of aliphatic hydroxyl groups excluding tert-OH is 1. The first-order valence-electron chi connectivity index (χ1n) is 4.07. The summed E-state index contributed by atoms with van der Waals surface area (Å²) >= 11 is 0. The minimum atomic E-state index is -0.661. The highest BCUT2D eigenvalue weighted by Gasteiger charge is 2.18. The largest absolute Gasteiger partial charge is 0.395 e. The van der Waals surface area contributed by atoms with Gasteiger partial charge in [0.25, 0.3) is 0 Å². The topological polar surface area (TPSA) is 64.3 Å². The van der Waals surface area contributed by atoms with E-state index in [0.29, 0.717) is 6.54 Å². The molecule has 0 aromatic carbocycles. The summed E-state index contributed by atoms with van der Waals surface area (Å²) in [5, 5.41) is 17.2. The van der Waals surface area contributed by atoms with Crippen molar-refractivity contribution >= 4 is 5.91 Å². The lowest BCUT2D eigenvalue weighted by atomic mass is 10.2. The van der Waals surface area contributed by atoms with Gasteiger partial charge in [0.2, 0.25) is 5.91 Å². The number of carbonyl (C=O) groups is 1. The smallest absolute Gasteiger partial charge is 0.239 e. The summed E-state index contributed by atoms with van der Waals surface area (Å²) in [5.41, 5.74) is 0. The van der Waals surface area contributed by atoms with Crippen LogP contribution in [0.3, 0.4) is 0 Å². The summed E-state index contributed by atoms with van der Waals surface area (Å²) in [4.78, 5) is 12.8. The van der Waals surface area contributed by atoms with Gasteiger partial charge in [-0.05, 0) is 6.92 Å². The Hall–Kier alpha value is -1.34. The van der Waals surface area contributed by atoms with Gasteiger partial charge in [-0.25, -0.2) is 0 Å². The molecule has 0 saturated heterocycles. The average molecular weight is 182 g/mol. The zero-order valence-corrected chi connectivity index (χ0v) is 7.73. The summed E-state index contributed by atoms with van der Waals surface area (Å²) in [5.74, 6) is -0.928. The second-order valence-electron chi connectivity index (χ2n) is 2.65. The van der Waals surface area contributed by atoms with Crippen LogP contribution in [0.2, 0.25) is 0 Å². The van der Waals surface area contributed by atoms with Gasteiger partial charge in [0, 0.05) is 13.1 Å². The van der Waals surface area contributed by atoms with E-state index in [4.69, 9.17) is 10.4 Å². The molecule has 1 unspecified atom stereocenters. The molecule has 1 atom stereocenters. The minimum absolute atomic E-state index is 0.0995. The Labute approximate surface area is 78.1 Å². The fourth-order valence-corrected chi connectivity index (χ4v) is 0.897. The lowest BCUT2D eigenvalue weighted by Crippen LogP contribution is -2.36. The molecule has 72 valence electrons. The maximum atomic E-state index is 11.4. The van der Waals surface area contributed by atoms with Gasteiger partial charge in [-0.3, -0.25) is 4.79 Å². The number of hydrogen-bond donors (Lipinski definition) is 1. The Morgan fingerprint density at radius 3 is 2.85 bits per heavy atom. The first kappa shape index (κ1) is 11.7. The highest BCUT2D eigenvalue weighted by molar-refractivity contribution is 5.80. The van der Waals surface area contributed by atoms with Crippen molar-refractivity contribution in [3.8, 4) is 6.07 Å². The van der Waals surface area contributed by atoms with E-state index in [1.807, 2.05) is 6.07 Å². The first-order chi connectivity index (χ1) is 6.17. The molecule has 0 bridgehead atoms. The molecule has 0 aliphatic carbocycles. The molecule has 0 rings (SSSR count). The third-order valence-corrected chi connectivity index (χ3v) is 1.60. The molecule has 0 fully saturated rings. The van der Waals surface area contributed by atoms with Crippen molar-refractivity contribution in [2.75, 3.05) is 19.7 Å². The van der Waals surface area contributed by atoms with Crippen LogP contribution < -0.4 is 0 Å². The number of carbonyl (C=O) groups excluding carboxylic acids is 1. The molecule has 0 aromatic heterocycles. The number of nitriles is 1. The van der Waals surface area contributed by atoms with Gasteiger partial charge in [-0.15, -0.1) is 6.58 Å². The maximum Gasteiger partial charge on any atom is 0.239 e. The Morgan fingerprint density at radius 1 is 1.85 bits per heavy atom. The number of rotatable bonds is 5. The summed E-state index contributed by atoms with van der Waals surface area (Å²) in [6.07, 6.45) is 1.57. The number of amides is 1. The van der Waals surface area contributed by atoms with Gasteiger partial charge in [0.15, 0.2) is 0 Å². The second kappa shape index (κ2) is 6.21. The van der Waals surface area contributed by atoms with Crippen LogP contribution in [0.4, 0.5) is 0 Å². The van der Waals surface area contributed by atoms with Gasteiger partial charge < -0.3 is 10.0 Å². The standard InChI is InChI=1S/C9H14N2O2/c1-3-4-11(5-6-12)9(13)8(2)7-10/h3,8,12H,1,4-6H2,2H3. The summed E-state index contributed by atoms with van der Waals surface area (Å²) in [7, 11) is 0. The zero-order chi connectivity index (χ0) is 10.3. The first-order valence-corrected chi connectivity index (χ1v) is 4.07. The predicted molar refractivity (Wildman–Crippen MR) is 48.6 cm³/mol. The van der Waals surface area contributed by atoms with Crippen molar-refractivity contribution in [1.29, 1.82) is 5.26 Å². The van der Waals surface area contributed by atoms with Crippen LogP contribution in [-0.2, 0) is 4.79 Å². The molecule has 4 heteroatoms. The predicted octanol–water partition coefficient (Wildman–Crippen LogP) is 0.153. The highest BCUT2D eigenvalue weighted by Crippen LogP contribution is 2.00. The van der Waals surface area contributed by atoms with Crippen LogP contribution in [0.1, 0.15) is 6.92 Å². The Balaban J connectivity index is 4.27. The number of nitrogens with zero attached hydrogens (tertiary/aromatic N) is 2. The van der Waals surface area contributed by atoms with E-state index in [1.165, 1.54) is 11.8 Å². The highest BCUT2D eigenvalue weighted by atomic mass is 16.3. The van der Waals surface area contributed by atoms with E-state index >= 15 is 0 Å². The molecule has 0 radical (unpaired) electrons. The molecule has 0 saturated carbocycles.